The maximum absolute atomic E-state index is 2.45. The molecule has 0 N–H and O–H groups in total. The number of para-hydroxylation sites is 3. The van der Waals surface area contributed by atoms with Crippen LogP contribution in [0.1, 0.15) is 97.2 Å². The zero-order valence-electron chi connectivity index (χ0n) is 52.1. The van der Waals surface area contributed by atoms with Crippen LogP contribution in [0.5, 0.6) is 0 Å². The van der Waals surface area contributed by atoms with Gasteiger partial charge in [0.1, 0.15) is 0 Å². The van der Waals surface area contributed by atoms with E-state index in [2.05, 4.69) is 342 Å². The Labute approximate surface area is 532 Å². The Morgan fingerprint density at radius 3 is 1.00 bits per heavy atom. The number of benzene rings is 13. The van der Waals surface area contributed by atoms with Crippen LogP contribution in [0.3, 0.4) is 0 Å². The van der Waals surface area contributed by atoms with Crippen molar-refractivity contribution in [2.75, 3.05) is 0 Å². The lowest BCUT2D eigenvalue weighted by Crippen LogP contribution is -2.15. The fraction of sp³-hybridized carbons (Fsp3) is 0.101. The number of hydrogen-bond donors (Lipinski definition) is 0. The van der Waals surface area contributed by atoms with Crippen LogP contribution in [0, 0.1) is 0 Å². The molecule has 0 unspecified atom stereocenters. The monoisotopic (exact) mass is 1160 g/mol. The summed E-state index contributed by atoms with van der Waals surface area (Å²) in [6.45, 7) is 14.4. The van der Waals surface area contributed by atoms with Gasteiger partial charge in [-0.2, -0.15) is 0 Å². The first kappa shape index (κ1) is 53.2. The summed E-state index contributed by atoms with van der Waals surface area (Å²) in [6, 6.07) is 100. The van der Waals surface area contributed by atoms with Gasteiger partial charge in [0.25, 0.3) is 0 Å². The van der Waals surface area contributed by atoms with Crippen LogP contribution in [-0.4, -0.2) is 9.13 Å². The maximum atomic E-state index is 2.45. The Hall–Kier alpha value is -10.8. The van der Waals surface area contributed by atoms with Crippen LogP contribution < -0.4 is 0 Å². The van der Waals surface area contributed by atoms with Gasteiger partial charge in [0.2, 0.25) is 0 Å². The van der Waals surface area contributed by atoms with E-state index in [-0.39, 0.29) is 16.2 Å². The second-order valence-electron chi connectivity index (χ2n) is 27.3. The highest BCUT2D eigenvalue weighted by Gasteiger charge is 2.38. The molecule has 15 aromatic rings. The molecule has 3 aliphatic carbocycles. The molecule has 2 heterocycles. The van der Waals surface area contributed by atoms with Gasteiger partial charge >= 0.3 is 0 Å². The highest BCUT2D eigenvalue weighted by atomic mass is 15.0. The second-order valence-corrected chi connectivity index (χ2v) is 27.3. The first-order valence-electron chi connectivity index (χ1n) is 32.2. The normalized spacial score (nSPS) is 14.7. The molecular formula is C89H66N2. The van der Waals surface area contributed by atoms with Crippen LogP contribution in [-0.2, 0) is 16.2 Å². The first-order chi connectivity index (χ1) is 44.3. The molecule has 3 aliphatic rings. The van der Waals surface area contributed by atoms with E-state index in [1.54, 1.807) is 0 Å². The van der Waals surface area contributed by atoms with Gasteiger partial charge in [-0.1, -0.05) is 260 Å². The molecule has 91 heavy (non-hydrogen) atoms. The lowest BCUT2D eigenvalue weighted by Gasteiger charge is -2.22. The number of hydrogen-bond acceptors (Lipinski definition) is 0. The van der Waals surface area contributed by atoms with Crippen molar-refractivity contribution >= 4 is 78.7 Å². The zero-order chi connectivity index (χ0) is 61.1. The molecule has 0 saturated heterocycles. The van der Waals surface area contributed by atoms with Crippen LogP contribution in [0.2, 0.25) is 0 Å². The van der Waals surface area contributed by atoms with E-state index in [1.165, 1.54) is 177 Å². The summed E-state index contributed by atoms with van der Waals surface area (Å²) >= 11 is 0. The molecule has 0 bridgehead atoms. The lowest BCUT2D eigenvalue weighted by molar-refractivity contribution is 0.660. The Bertz CT molecular complexity index is 5670. The molecule has 18 rings (SSSR count). The van der Waals surface area contributed by atoms with Crippen molar-refractivity contribution in [3.63, 3.8) is 0 Å². The summed E-state index contributed by atoms with van der Waals surface area (Å²) in [5, 5.41) is 7.58. The maximum Gasteiger partial charge on any atom is 0.0541 e. The fourth-order valence-corrected chi connectivity index (χ4v) is 16.2. The Kier molecular flexibility index (Phi) is 11.5. The van der Waals surface area contributed by atoms with E-state index in [0.29, 0.717) is 0 Å². The molecular weight excluding hydrogens is 1100 g/mol. The molecule has 432 valence electrons. The molecule has 0 fully saturated rings. The van der Waals surface area contributed by atoms with Crippen molar-refractivity contribution in [2.24, 2.45) is 0 Å². The molecule has 13 aromatic carbocycles. The molecule has 0 saturated carbocycles. The molecule has 0 radical (unpaired) electrons. The van der Waals surface area contributed by atoms with Gasteiger partial charge in [-0.25, -0.2) is 0 Å². The van der Waals surface area contributed by atoms with E-state index in [9.17, 15) is 0 Å². The Morgan fingerprint density at radius 2 is 0.560 bits per heavy atom. The minimum atomic E-state index is -0.166. The van der Waals surface area contributed by atoms with E-state index in [4.69, 9.17) is 0 Å². The van der Waals surface area contributed by atoms with Gasteiger partial charge in [-0.3, -0.25) is 0 Å². The van der Waals surface area contributed by atoms with Crippen molar-refractivity contribution in [2.45, 2.75) is 57.8 Å². The summed E-state index contributed by atoms with van der Waals surface area (Å²) in [7, 11) is 0. The van der Waals surface area contributed by atoms with Crippen molar-refractivity contribution in [3.05, 3.63) is 323 Å². The smallest absolute Gasteiger partial charge is 0.0541 e. The summed E-state index contributed by atoms with van der Waals surface area (Å²) in [5.41, 5.74) is 32.8. The van der Waals surface area contributed by atoms with Gasteiger partial charge in [-0.15, -0.1) is 0 Å². The van der Waals surface area contributed by atoms with E-state index < -0.39 is 0 Å². The number of aromatic nitrogens is 2. The molecule has 0 atom stereocenters. The van der Waals surface area contributed by atoms with Crippen LogP contribution >= 0.6 is 0 Å². The topological polar surface area (TPSA) is 9.86 Å². The molecule has 0 amide bonds. The van der Waals surface area contributed by atoms with Crippen LogP contribution in [0.25, 0.3) is 146 Å². The average molecular weight is 1160 g/mol. The van der Waals surface area contributed by atoms with Gasteiger partial charge in [0.05, 0.1) is 22.1 Å². The predicted octanol–water partition coefficient (Wildman–Crippen LogP) is 23.6. The van der Waals surface area contributed by atoms with E-state index in [0.717, 1.165) is 0 Å². The molecule has 2 nitrogen and oxygen atoms in total. The minimum Gasteiger partial charge on any atom is -0.309 e. The minimum absolute atomic E-state index is 0.155. The zero-order valence-corrected chi connectivity index (χ0v) is 52.1. The largest absolute Gasteiger partial charge is 0.309 e. The van der Waals surface area contributed by atoms with Gasteiger partial charge < -0.3 is 9.13 Å². The van der Waals surface area contributed by atoms with E-state index >= 15 is 0 Å². The van der Waals surface area contributed by atoms with Crippen molar-refractivity contribution in [1.29, 1.82) is 0 Å². The van der Waals surface area contributed by atoms with Crippen molar-refractivity contribution < 1.29 is 0 Å². The Balaban J connectivity index is 0.579. The second kappa shape index (κ2) is 19.6. The first-order valence-corrected chi connectivity index (χ1v) is 32.2. The standard InChI is InChI=1S/C89H66N2/c1-87(2)77-46-55(24-26-57-30-40-69-71-42-33-63(53-81(71)88(3,4)79(69)48-57)61-35-44-85-75(51-61)73-20-12-14-22-83(73)90(85)65-18-8-7-9-19-65)28-38-67(77)68-39-29-56(47-78(68)87)25-27-58-31-41-70-72-43-34-64(54-82(72)89(5,6)80(70)49-58)62-36-45-86-76(52-62)74-21-13-15-23-84(74)91(86)66-37-32-59-16-10-11-17-60(59)50-66/h7-54H,1-6H3. The molecule has 2 heteroatoms. The third kappa shape index (κ3) is 8.11. The summed E-state index contributed by atoms with van der Waals surface area (Å²) < 4.78 is 4.81. The quantitative estimate of drug-likeness (QED) is 0.134. The SMILES string of the molecule is CC1(C)c2cc(C=Cc3ccc4c(c3)C(C)(C)c3cc(-c5ccc6c(c5)c5ccccc5n6-c5ccccc5)ccc3-4)ccc2-c2ccc(C=Cc3ccc4c(c3)C(C)(C)c3cc(-c5ccc6c(c5)c5ccccc5n6-c5ccc6ccccc6c5)ccc3-4)cc21. The Morgan fingerprint density at radius 1 is 0.231 bits per heavy atom. The van der Waals surface area contributed by atoms with Crippen LogP contribution in [0.4, 0.5) is 0 Å². The van der Waals surface area contributed by atoms with E-state index in [1.807, 2.05) is 0 Å². The van der Waals surface area contributed by atoms with Crippen LogP contribution in [0.15, 0.2) is 267 Å². The summed E-state index contributed by atoms with van der Waals surface area (Å²) in [5.74, 6) is 0. The number of rotatable bonds is 8. The van der Waals surface area contributed by atoms with Crippen molar-refractivity contribution in [1.82, 2.24) is 9.13 Å². The highest BCUT2D eigenvalue weighted by molar-refractivity contribution is 6.12. The van der Waals surface area contributed by atoms with Gasteiger partial charge in [-0.05, 0) is 195 Å². The summed E-state index contributed by atoms with van der Waals surface area (Å²) in [4.78, 5) is 0. The number of fused-ring (bicyclic) bond motifs is 16. The number of nitrogens with zero attached hydrogens (tertiary/aromatic N) is 2. The van der Waals surface area contributed by atoms with Gasteiger partial charge in [0.15, 0.2) is 0 Å². The molecule has 0 spiro atoms. The third-order valence-electron chi connectivity index (χ3n) is 21.1. The molecule has 2 aromatic heterocycles. The molecule has 0 aliphatic heterocycles. The fourth-order valence-electron chi connectivity index (χ4n) is 16.2. The lowest BCUT2D eigenvalue weighted by atomic mass is 9.81. The third-order valence-corrected chi connectivity index (χ3v) is 21.1. The summed E-state index contributed by atoms with van der Waals surface area (Å²) in [6.07, 6.45) is 9.21. The van der Waals surface area contributed by atoms with Gasteiger partial charge in [0, 0.05) is 49.2 Å². The predicted molar refractivity (Wildman–Crippen MR) is 387 cm³/mol. The average Bonchev–Trinajstić information content (AvgIpc) is 1.62. The highest BCUT2D eigenvalue weighted by Crippen LogP contribution is 2.54. The van der Waals surface area contributed by atoms with Crippen molar-refractivity contribution in [3.8, 4) is 67.0 Å².